The topological polar surface area (TPSA) is 140 Å². The molecule has 3 N–H and O–H groups in total. The van der Waals surface area contributed by atoms with Gasteiger partial charge in [-0.15, -0.1) is 0 Å². The van der Waals surface area contributed by atoms with Crippen molar-refractivity contribution in [3.8, 4) is 0 Å². The Bertz CT molecular complexity index is 1020. The quantitative estimate of drug-likeness (QED) is 0.526. The van der Waals surface area contributed by atoms with Gasteiger partial charge < -0.3 is 24.7 Å². The Labute approximate surface area is 152 Å². The number of benzene rings is 1. The van der Waals surface area contributed by atoms with Crippen molar-refractivity contribution in [2.45, 2.75) is 24.5 Å². The minimum Gasteiger partial charge on any atom is -0.459 e. The van der Waals surface area contributed by atoms with Gasteiger partial charge in [0, 0.05) is 0 Å². The fraction of sp³-hybridized carbons (Fsp3) is 0.294. The molecule has 0 amide bonds. The van der Waals surface area contributed by atoms with Gasteiger partial charge >= 0.3 is 5.97 Å². The predicted octanol–water partition coefficient (Wildman–Crippen LogP) is -0.404. The number of hydrogen-bond acceptors (Lipinski definition) is 8. The van der Waals surface area contributed by atoms with Gasteiger partial charge in [-0.05, 0) is 12.1 Å². The second-order valence-corrected chi connectivity index (χ2v) is 6.07. The van der Waals surface area contributed by atoms with E-state index >= 15 is 0 Å². The molecule has 3 aromatic rings. The molecule has 1 aromatic carbocycles. The van der Waals surface area contributed by atoms with Crippen molar-refractivity contribution in [3.05, 3.63) is 58.9 Å². The average molecular weight is 372 g/mol. The molecule has 140 valence electrons. The first-order chi connectivity index (χ1) is 13.1. The van der Waals surface area contributed by atoms with Crippen LogP contribution in [0, 0.1) is 0 Å². The molecule has 0 bridgehead atoms. The van der Waals surface area contributed by atoms with Crippen molar-refractivity contribution in [2.24, 2.45) is 0 Å². The first-order valence-corrected chi connectivity index (χ1v) is 8.20. The zero-order chi connectivity index (χ0) is 19.0. The van der Waals surface area contributed by atoms with Gasteiger partial charge in [-0.1, -0.05) is 18.2 Å². The normalized spacial score (nSPS) is 25.0. The number of aliphatic hydroxyl groups excluding tert-OH is 2. The van der Waals surface area contributed by atoms with Crippen molar-refractivity contribution in [2.75, 3.05) is 6.61 Å². The van der Waals surface area contributed by atoms with E-state index < -0.39 is 36.1 Å². The van der Waals surface area contributed by atoms with E-state index in [1.165, 1.54) is 17.2 Å². The summed E-state index contributed by atoms with van der Waals surface area (Å²) >= 11 is 0. The number of carbonyl (C=O) groups excluding carboxylic acids is 1. The molecule has 0 unspecified atom stereocenters. The van der Waals surface area contributed by atoms with Crippen LogP contribution in [0.4, 0.5) is 0 Å². The number of aliphatic hydroxyl groups is 2. The lowest BCUT2D eigenvalue weighted by Gasteiger charge is -2.16. The number of ether oxygens (including phenoxy) is 2. The van der Waals surface area contributed by atoms with Crippen LogP contribution in [0.25, 0.3) is 11.2 Å². The number of hydrogen-bond donors (Lipinski definition) is 3. The van der Waals surface area contributed by atoms with Gasteiger partial charge in [0.05, 0.1) is 18.2 Å². The summed E-state index contributed by atoms with van der Waals surface area (Å²) in [4.78, 5) is 34.2. The highest BCUT2D eigenvalue weighted by Gasteiger charge is 2.45. The second-order valence-electron chi connectivity index (χ2n) is 6.07. The zero-order valence-corrected chi connectivity index (χ0v) is 13.9. The van der Waals surface area contributed by atoms with Gasteiger partial charge in [-0.3, -0.25) is 9.36 Å². The number of imidazole rings is 1. The van der Waals surface area contributed by atoms with E-state index in [-0.39, 0.29) is 17.8 Å². The number of nitrogens with one attached hydrogen (secondary N) is 1. The van der Waals surface area contributed by atoms with E-state index in [4.69, 9.17) is 9.47 Å². The van der Waals surface area contributed by atoms with Crippen LogP contribution in [0.3, 0.4) is 0 Å². The van der Waals surface area contributed by atoms with Crippen molar-refractivity contribution < 1.29 is 24.5 Å². The molecule has 0 spiro atoms. The minimum absolute atomic E-state index is 0.0849. The van der Waals surface area contributed by atoms with E-state index in [0.29, 0.717) is 5.56 Å². The molecular formula is C17H16N4O6. The van der Waals surface area contributed by atoms with Gasteiger partial charge in [0.15, 0.2) is 17.4 Å². The molecule has 1 aliphatic rings. The molecule has 2 aromatic heterocycles. The number of esters is 1. The summed E-state index contributed by atoms with van der Waals surface area (Å²) in [7, 11) is 0. The highest BCUT2D eigenvalue weighted by Crippen LogP contribution is 2.31. The summed E-state index contributed by atoms with van der Waals surface area (Å²) in [6, 6.07) is 8.39. The number of aromatic amines is 1. The largest absolute Gasteiger partial charge is 0.459 e. The number of nitrogens with zero attached hydrogens (tertiary/aromatic N) is 3. The SMILES string of the molecule is O=C(OC[C@@H]1O[C@H](n2cnc3c(=O)[nH]cnc32)[C@@H](O)[C@H]1O)c1ccccc1. The van der Waals surface area contributed by atoms with Crippen molar-refractivity contribution in [1.29, 1.82) is 0 Å². The molecule has 0 aliphatic carbocycles. The van der Waals surface area contributed by atoms with Gasteiger partial charge in [0.2, 0.25) is 0 Å². The Hall–Kier alpha value is -3.08. The number of fused-ring (bicyclic) bond motifs is 1. The summed E-state index contributed by atoms with van der Waals surface area (Å²) in [6.45, 7) is -0.247. The van der Waals surface area contributed by atoms with E-state index in [9.17, 15) is 19.8 Å². The number of rotatable bonds is 4. The highest BCUT2D eigenvalue weighted by molar-refractivity contribution is 5.89. The third-order valence-electron chi connectivity index (χ3n) is 4.36. The monoisotopic (exact) mass is 372 g/mol. The standard InChI is InChI=1S/C17H16N4O6/c22-12-10(6-26-17(25)9-4-2-1-3-5-9)27-16(13(12)23)21-8-20-11-14(21)18-7-19-15(11)24/h1-5,7-8,10,12-13,16,22-23H,6H2,(H,18,19,24)/t10-,12-,13-,16-/m0/s1. The van der Waals surface area contributed by atoms with E-state index in [2.05, 4.69) is 15.0 Å². The van der Waals surface area contributed by atoms with Crippen LogP contribution >= 0.6 is 0 Å². The van der Waals surface area contributed by atoms with E-state index in [1.807, 2.05) is 0 Å². The molecule has 27 heavy (non-hydrogen) atoms. The summed E-state index contributed by atoms with van der Waals surface area (Å²) in [6.07, 6.45) is -2.08. The summed E-state index contributed by atoms with van der Waals surface area (Å²) in [5.41, 5.74) is 0.227. The number of carbonyl (C=O) groups is 1. The van der Waals surface area contributed by atoms with Crippen molar-refractivity contribution >= 4 is 17.1 Å². The molecule has 0 radical (unpaired) electrons. The Kier molecular flexibility index (Phi) is 4.44. The van der Waals surface area contributed by atoms with Crippen LogP contribution in [0.15, 0.2) is 47.8 Å². The predicted molar refractivity (Wildman–Crippen MR) is 90.8 cm³/mol. The summed E-state index contributed by atoms with van der Waals surface area (Å²) in [5, 5.41) is 20.6. The van der Waals surface area contributed by atoms with Crippen LogP contribution in [0.2, 0.25) is 0 Å². The Morgan fingerprint density at radius 2 is 2.00 bits per heavy atom. The first kappa shape index (κ1) is 17.3. The fourth-order valence-corrected chi connectivity index (χ4v) is 2.96. The molecule has 10 nitrogen and oxygen atoms in total. The first-order valence-electron chi connectivity index (χ1n) is 8.20. The molecule has 1 fully saturated rings. The van der Waals surface area contributed by atoms with E-state index in [1.54, 1.807) is 30.3 Å². The maximum Gasteiger partial charge on any atom is 0.338 e. The summed E-state index contributed by atoms with van der Waals surface area (Å²) < 4.78 is 12.2. The minimum atomic E-state index is -1.32. The van der Waals surface area contributed by atoms with Crippen LogP contribution in [0.5, 0.6) is 0 Å². The molecule has 1 aliphatic heterocycles. The molecular weight excluding hydrogens is 356 g/mol. The zero-order valence-electron chi connectivity index (χ0n) is 13.9. The molecule has 0 saturated carbocycles. The molecule has 4 atom stereocenters. The van der Waals surface area contributed by atoms with Crippen molar-refractivity contribution in [1.82, 2.24) is 19.5 Å². The maximum atomic E-state index is 12.0. The Balaban J connectivity index is 1.50. The molecule has 10 heteroatoms. The van der Waals surface area contributed by atoms with Gasteiger partial charge in [-0.25, -0.2) is 14.8 Å². The van der Waals surface area contributed by atoms with Crippen LogP contribution < -0.4 is 5.56 Å². The average Bonchev–Trinajstić information content (AvgIpc) is 3.23. The number of aromatic nitrogens is 4. The van der Waals surface area contributed by atoms with Crippen LogP contribution in [-0.4, -0.2) is 60.6 Å². The smallest absolute Gasteiger partial charge is 0.338 e. The Morgan fingerprint density at radius 1 is 1.22 bits per heavy atom. The lowest BCUT2D eigenvalue weighted by Crippen LogP contribution is -2.34. The highest BCUT2D eigenvalue weighted by atomic mass is 16.6. The van der Waals surface area contributed by atoms with Gasteiger partial charge in [0.25, 0.3) is 5.56 Å². The van der Waals surface area contributed by atoms with Gasteiger partial charge in [0.1, 0.15) is 24.9 Å². The third-order valence-corrected chi connectivity index (χ3v) is 4.36. The van der Waals surface area contributed by atoms with E-state index in [0.717, 1.165) is 0 Å². The van der Waals surface area contributed by atoms with Gasteiger partial charge in [-0.2, -0.15) is 0 Å². The maximum absolute atomic E-state index is 12.0. The fourth-order valence-electron chi connectivity index (χ4n) is 2.96. The molecule has 4 rings (SSSR count). The molecule has 3 heterocycles. The van der Waals surface area contributed by atoms with Crippen molar-refractivity contribution in [3.63, 3.8) is 0 Å². The second kappa shape index (κ2) is 6.91. The molecule has 1 saturated heterocycles. The lowest BCUT2D eigenvalue weighted by atomic mass is 10.1. The van der Waals surface area contributed by atoms with Crippen LogP contribution in [-0.2, 0) is 9.47 Å². The Morgan fingerprint density at radius 3 is 2.78 bits per heavy atom. The third kappa shape index (κ3) is 3.10. The summed E-state index contributed by atoms with van der Waals surface area (Å²) in [5.74, 6) is -0.564. The number of H-pyrrole nitrogens is 1. The lowest BCUT2D eigenvalue weighted by molar-refractivity contribution is -0.0565. The van der Waals surface area contributed by atoms with Crippen LogP contribution in [0.1, 0.15) is 16.6 Å².